The number of hydrogen-bond acceptors (Lipinski definition) is 3. The number of nitrogens with zero attached hydrogens (tertiary/aromatic N) is 1. The van der Waals surface area contributed by atoms with Gasteiger partial charge in [-0.3, -0.25) is 4.79 Å². The van der Waals surface area contributed by atoms with Crippen LogP contribution in [0, 0.1) is 5.92 Å². The maximum absolute atomic E-state index is 12.0. The van der Waals surface area contributed by atoms with Gasteiger partial charge in [0.15, 0.2) is 0 Å². The van der Waals surface area contributed by atoms with E-state index in [0.29, 0.717) is 25.9 Å². The lowest BCUT2D eigenvalue weighted by Crippen LogP contribution is -2.24. The van der Waals surface area contributed by atoms with Crippen molar-refractivity contribution in [1.82, 2.24) is 4.31 Å². The Kier molecular flexibility index (Phi) is 3.71. The first-order valence-electron chi connectivity index (χ1n) is 7.19. The van der Waals surface area contributed by atoms with E-state index >= 15 is 0 Å². The van der Waals surface area contributed by atoms with E-state index in [4.69, 9.17) is 0 Å². The Labute approximate surface area is 125 Å². The van der Waals surface area contributed by atoms with Crippen molar-refractivity contribution in [3.05, 3.63) is 47.0 Å². The molecule has 0 unspecified atom stereocenters. The van der Waals surface area contributed by atoms with Gasteiger partial charge in [-0.15, -0.1) is 0 Å². The van der Waals surface area contributed by atoms with Crippen LogP contribution in [0.25, 0.3) is 0 Å². The summed E-state index contributed by atoms with van der Waals surface area (Å²) in [6.45, 7) is 0.866. The summed E-state index contributed by atoms with van der Waals surface area (Å²) in [5.41, 5.74) is 3.24. The van der Waals surface area contributed by atoms with Gasteiger partial charge < -0.3 is 0 Å². The van der Waals surface area contributed by atoms with Gasteiger partial charge in [0.05, 0.1) is 6.26 Å². The second-order valence-electron chi connectivity index (χ2n) is 5.83. The van der Waals surface area contributed by atoms with Gasteiger partial charge in [0, 0.05) is 25.4 Å². The largest absolute Gasteiger partial charge is 0.299 e. The molecule has 0 amide bonds. The van der Waals surface area contributed by atoms with Crippen molar-refractivity contribution in [3.8, 4) is 0 Å². The normalized spacial score (nSPS) is 22.5. The quantitative estimate of drug-likeness (QED) is 0.803. The lowest BCUT2D eigenvalue weighted by molar-refractivity contribution is -0.121. The van der Waals surface area contributed by atoms with Crippen molar-refractivity contribution in [2.45, 2.75) is 32.4 Å². The lowest BCUT2D eigenvalue weighted by atomic mass is 9.87. The molecule has 0 aromatic heterocycles. The van der Waals surface area contributed by atoms with Gasteiger partial charge >= 0.3 is 0 Å². The minimum Gasteiger partial charge on any atom is -0.299 e. The van der Waals surface area contributed by atoms with Crippen LogP contribution >= 0.6 is 0 Å². The summed E-state index contributed by atoms with van der Waals surface area (Å²) >= 11 is 0. The molecule has 1 heterocycles. The van der Waals surface area contributed by atoms with Crippen LogP contribution in [-0.4, -0.2) is 24.8 Å². The van der Waals surface area contributed by atoms with Crippen molar-refractivity contribution in [3.63, 3.8) is 0 Å². The number of hydrogen-bond donors (Lipinski definition) is 0. The molecule has 1 atom stereocenters. The van der Waals surface area contributed by atoms with Gasteiger partial charge in [-0.2, -0.15) is 4.31 Å². The molecular weight excluding hydrogens is 286 g/mol. The van der Waals surface area contributed by atoms with E-state index in [1.165, 1.54) is 10.6 Å². The Bertz CT molecular complexity index is 706. The monoisotopic (exact) mass is 305 g/mol. The molecule has 0 fully saturated rings. The minimum atomic E-state index is -3.18. The van der Waals surface area contributed by atoms with Gasteiger partial charge in [0.2, 0.25) is 10.0 Å². The first-order chi connectivity index (χ1) is 9.95. The fraction of sp³-hybridized carbons (Fsp3) is 0.438. The Morgan fingerprint density at radius 2 is 2.10 bits per heavy atom. The third kappa shape index (κ3) is 2.94. The first-order valence-corrected chi connectivity index (χ1v) is 9.04. The molecule has 0 saturated heterocycles. The molecule has 1 aromatic carbocycles. The fourth-order valence-corrected chi connectivity index (χ4v) is 3.82. The lowest BCUT2D eigenvalue weighted by Gasteiger charge is -2.17. The maximum atomic E-state index is 12.0. The minimum absolute atomic E-state index is 0.0578. The molecule has 1 aliphatic carbocycles. The van der Waals surface area contributed by atoms with E-state index < -0.39 is 10.0 Å². The molecule has 1 aromatic rings. The van der Waals surface area contributed by atoms with Crippen molar-refractivity contribution in [2.75, 3.05) is 6.26 Å². The zero-order chi connectivity index (χ0) is 15.0. The molecule has 3 rings (SSSR count). The smallest absolute Gasteiger partial charge is 0.211 e. The van der Waals surface area contributed by atoms with E-state index in [0.717, 1.165) is 23.1 Å². The highest BCUT2D eigenvalue weighted by Crippen LogP contribution is 2.30. The summed E-state index contributed by atoms with van der Waals surface area (Å²) in [6.07, 6.45) is 7.43. The van der Waals surface area contributed by atoms with E-state index in [1.807, 2.05) is 24.3 Å². The average molecular weight is 305 g/mol. The Hall–Kier alpha value is -1.46. The van der Waals surface area contributed by atoms with Gasteiger partial charge in [0.1, 0.15) is 5.78 Å². The predicted molar refractivity (Wildman–Crippen MR) is 81.1 cm³/mol. The highest BCUT2D eigenvalue weighted by atomic mass is 32.2. The van der Waals surface area contributed by atoms with Gasteiger partial charge in [-0.1, -0.05) is 30.4 Å². The van der Waals surface area contributed by atoms with Crippen LogP contribution < -0.4 is 0 Å². The highest BCUT2D eigenvalue weighted by molar-refractivity contribution is 7.88. The van der Waals surface area contributed by atoms with Crippen molar-refractivity contribution in [2.24, 2.45) is 5.92 Å². The molecule has 2 aliphatic rings. The molecule has 4 nitrogen and oxygen atoms in total. The second kappa shape index (κ2) is 5.39. The molecule has 0 bridgehead atoms. The van der Waals surface area contributed by atoms with Crippen molar-refractivity contribution >= 4 is 15.8 Å². The number of fused-ring (bicyclic) bond motifs is 1. The summed E-state index contributed by atoms with van der Waals surface area (Å²) in [5, 5.41) is 0. The van der Waals surface area contributed by atoms with Gasteiger partial charge in [-0.25, -0.2) is 8.42 Å². The van der Waals surface area contributed by atoms with E-state index in [-0.39, 0.29) is 11.7 Å². The number of benzene rings is 1. The number of ketones is 1. The Morgan fingerprint density at radius 3 is 2.81 bits per heavy atom. The summed E-state index contributed by atoms with van der Waals surface area (Å²) in [6, 6.07) is 5.94. The molecule has 5 heteroatoms. The summed E-state index contributed by atoms with van der Waals surface area (Å²) < 4.78 is 24.9. The second-order valence-corrected chi connectivity index (χ2v) is 7.81. The molecule has 1 aliphatic heterocycles. The van der Waals surface area contributed by atoms with Gasteiger partial charge in [-0.05, 0) is 29.5 Å². The number of allylic oxidation sites excluding steroid dienone is 2. The standard InChI is InChI=1S/C16H19NO3S/c1-21(19,20)17-10-14-7-4-6-12(15(14)11-17)9-13-5-2-3-8-16(13)18/h2,4-7,13H,3,8-11H2,1H3/t13-/m1/s1. The highest BCUT2D eigenvalue weighted by Gasteiger charge is 2.28. The van der Waals surface area contributed by atoms with Crippen LogP contribution in [0.5, 0.6) is 0 Å². The van der Waals surface area contributed by atoms with Crippen LogP contribution in [0.4, 0.5) is 0 Å². The van der Waals surface area contributed by atoms with E-state index in [1.54, 1.807) is 0 Å². The molecule has 0 saturated carbocycles. The third-order valence-corrected chi connectivity index (χ3v) is 5.50. The summed E-state index contributed by atoms with van der Waals surface area (Å²) in [7, 11) is -3.18. The molecule has 112 valence electrons. The number of sulfonamides is 1. The van der Waals surface area contributed by atoms with Crippen molar-refractivity contribution < 1.29 is 13.2 Å². The zero-order valence-electron chi connectivity index (χ0n) is 12.1. The topological polar surface area (TPSA) is 54.5 Å². The summed E-state index contributed by atoms with van der Waals surface area (Å²) in [4.78, 5) is 12.0. The Morgan fingerprint density at radius 1 is 1.29 bits per heavy atom. The third-order valence-electron chi connectivity index (χ3n) is 4.30. The van der Waals surface area contributed by atoms with Crippen LogP contribution in [0.15, 0.2) is 30.4 Å². The molecule has 21 heavy (non-hydrogen) atoms. The molecular formula is C16H19NO3S. The molecule has 0 radical (unpaired) electrons. The number of rotatable bonds is 3. The van der Waals surface area contributed by atoms with Crippen LogP contribution in [-0.2, 0) is 34.3 Å². The average Bonchev–Trinajstić information content (AvgIpc) is 2.86. The number of carbonyl (C=O) groups is 1. The number of carbonyl (C=O) groups excluding carboxylic acids is 1. The SMILES string of the molecule is CS(=O)(=O)N1Cc2cccc(C[C@H]3C=CCCC3=O)c2C1. The van der Waals surface area contributed by atoms with Crippen LogP contribution in [0.3, 0.4) is 0 Å². The van der Waals surface area contributed by atoms with E-state index in [9.17, 15) is 13.2 Å². The van der Waals surface area contributed by atoms with Crippen LogP contribution in [0.1, 0.15) is 29.5 Å². The Balaban J connectivity index is 1.87. The van der Waals surface area contributed by atoms with Crippen molar-refractivity contribution in [1.29, 1.82) is 0 Å². The predicted octanol–water partition coefficient (Wildman–Crippen LogP) is 2.04. The summed E-state index contributed by atoms with van der Waals surface area (Å²) in [5.74, 6) is 0.227. The van der Waals surface area contributed by atoms with Gasteiger partial charge in [0.25, 0.3) is 0 Å². The fourth-order valence-electron chi connectivity index (χ4n) is 3.08. The zero-order valence-corrected chi connectivity index (χ0v) is 12.9. The molecule has 0 N–H and O–H groups in total. The van der Waals surface area contributed by atoms with E-state index in [2.05, 4.69) is 6.08 Å². The maximum Gasteiger partial charge on any atom is 0.211 e. The van der Waals surface area contributed by atoms with Crippen LogP contribution in [0.2, 0.25) is 0 Å². The molecule has 0 spiro atoms. The number of Topliss-reactive ketones (excluding diaryl/α,β-unsaturated/α-hetero) is 1. The first kappa shape index (κ1) is 14.5.